The lowest BCUT2D eigenvalue weighted by atomic mass is 9.91. The number of carboxylic acids is 2. The number of allylic oxidation sites excluding steroid dienone is 1. The summed E-state index contributed by atoms with van der Waals surface area (Å²) < 4.78 is 0. The number of amides is 2. The van der Waals surface area contributed by atoms with Gasteiger partial charge in [0.15, 0.2) is 5.25 Å². The molecule has 3 aliphatic heterocycles. The topological polar surface area (TPSA) is 185 Å². The largest absolute Gasteiger partial charge is 0.481 e. The molecule has 2 amide bonds. The molecule has 3 aliphatic rings. The van der Waals surface area contributed by atoms with Crippen molar-refractivity contribution in [3.8, 4) is 0 Å². The van der Waals surface area contributed by atoms with Crippen LogP contribution in [0.25, 0.3) is 6.08 Å². The van der Waals surface area contributed by atoms with E-state index in [-0.39, 0.29) is 47.8 Å². The fraction of sp³-hybridized carbons (Fsp3) is 0.455. The van der Waals surface area contributed by atoms with Gasteiger partial charge in [0, 0.05) is 77.4 Å². The summed E-state index contributed by atoms with van der Waals surface area (Å²) >= 11 is 0.913. The molecule has 0 aromatic carbocycles. The van der Waals surface area contributed by atoms with E-state index in [4.69, 9.17) is 0 Å². The minimum Gasteiger partial charge on any atom is -0.481 e. The van der Waals surface area contributed by atoms with Crippen molar-refractivity contribution < 1.29 is 34.5 Å². The Morgan fingerprint density at radius 3 is 2.11 bits per heavy atom. The first-order valence-corrected chi connectivity index (χ1v) is 16.2. The van der Waals surface area contributed by atoms with Gasteiger partial charge in [-0.3, -0.25) is 19.2 Å². The molecule has 0 saturated carbocycles. The number of nitrogens with one attached hydrogen (secondary N) is 4. The molecule has 0 aliphatic carbocycles. The molecule has 0 bridgehead atoms. The van der Waals surface area contributed by atoms with Gasteiger partial charge in [0.05, 0.1) is 12.0 Å². The van der Waals surface area contributed by atoms with E-state index in [1.54, 1.807) is 6.08 Å². The SMILES string of the molecule is C=CC1=C(C)[C@@H](Cc2[nH]c(Cc3[nH]c(/C=C4\NC(=O)[C@H](C)[C@H]4[C@H]4[SH+][C@@H]4O)c(C)c3CCC(=O)O)c(CCC(=O)O)c2C)NC1=O. The average molecular weight is 638 g/mol. The van der Waals surface area contributed by atoms with Crippen molar-refractivity contribution in [2.24, 2.45) is 11.8 Å². The standard InChI is InChI=1S/C33H40N4O7S/c1-6-18-14(2)23(36-32(18)43)11-21-15(3)19(7-9-27(38)39)24(34-21)13-25-20(8-10-28(40)41)16(4)22(35-25)12-26-29(30-33(44)45-30)17(5)31(42)37-26/h6,12,17,23,29-30,33-35,44H,1,7-11,13H2,2-5H3,(H,36,43)(H,37,42)(H,38,39)(H,40,41)/p+1/b26-12-/t17-,23-,29-,30-,33+/m1/s1. The third-order valence-electron chi connectivity index (χ3n) is 9.51. The number of aliphatic hydroxyl groups is 1. The third kappa shape index (κ3) is 6.53. The molecule has 2 saturated heterocycles. The van der Waals surface area contributed by atoms with E-state index in [9.17, 15) is 34.5 Å². The number of carbonyl (C=O) groups excluding carboxylic acids is 2. The van der Waals surface area contributed by atoms with Crippen molar-refractivity contribution in [1.82, 2.24) is 20.6 Å². The van der Waals surface area contributed by atoms with Crippen molar-refractivity contribution in [2.75, 3.05) is 0 Å². The van der Waals surface area contributed by atoms with Gasteiger partial charge in [0.2, 0.25) is 5.91 Å². The maximum Gasteiger partial charge on any atom is 0.303 e. The van der Waals surface area contributed by atoms with E-state index in [0.29, 0.717) is 31.3 Å². The smallest absolute Gasteiger partial charge is 0.303 e. The van der Waals surface area contributed by atoms with Crippen molar-refractivity contribution in [3.63, 3.8) is 0 Å². The molecule has 12 heteroatoms. The lowest BCUT2D eigenvalue weighted by molar-refractivity contribution is -0.138. The zero-order chi connectivity index (χ0) is 32.7. The van der Waals surface area contributed by atoms with Crippen LogP contribution in [0.1, 0.15) is 71.7 Å². The number of thiol groups is 1. The van der Waals surface area contributed by atoms with Gasteiger partial charge in [-0.25, -0.2) is 0 Å². The van der Waals surface area contributed by atoms with Gasteiger partial charge in [-0.05, 0) is 67.5 Å². The molecule has 2 aromatic heterocycles. The Kier molecular flexibility index (Phi) is 9.18. The highest BCUT2D eigenvalue weighted by molar-refractivity contribution is 7.87. The Hall–Kier alpha value is -4.03. The predicted molar refractivity (Wildman–Crippen MR) is 172 cm³/mol. The van der Waals surface area contributed by atoms with Gasteiger partial charge in [-0.1, -0.05) is 19.6 Å². The van der Waals surface area contributed by atoms with Gasteiger partial charge >= 0.3 is 11.9 Å². The second-order valence-corrected chi connectivity index (χ2v) is 13.7. The van der Waals surface area contributed by atoms with E-state index in [2.05, 4.69) is 27.2 Å². The van der Waals surface area contributed by atoms with Crippen LogP contribution in [0.15, 0.2) is 29.5 Å². The lowest BCUT2D eigenvalue weighted by Crippen LogP contribution is -2.30. The molecule has 5 rings (SSSR count). The normalized spacial score (nSPS) is 25.2. The van der Waals surface area contributed by atoms with Gasteiger partial charge in [-0.2, -0.15) is 0 Å². The van der Waals surface area contributed by atoms with Crippen molar-refractivity contribution in [2.45, 2.75) is 82.9 Å². The first-order valence-electron chi connectivity index (χ1n) is 15.2. The second-order valence-electron chi connectivity index (χ2n) is 12.3. The van der Waals surface area contributed by atoms with Gasteiger partial charge in [0.1, 0.15) is 0 Å². The highest BCUT2D eigenvalue weighted by atomic mass is 32.2. The molecule has 0 unspecified atom stereocenters. The first kappa shape index (κ1) is 32.4. The van der Waals surface area contributed by atoms with Crippen LogP contribution in [0, 0.1) is 25.7 Å². The molecule has 0 radical (unpaired) electrons. The second kappa shape index (κ2) is 12.8. The quantitative estimate of drug-likeness (QED) is 0.0999. The number of rotatable bonds is 13. The Morgan fingerprint density at radius 1 is 0.956 bits per heavy atom. The van der Waals surface area contributed by atoms with Crippen molar-refractivity contribution >= 4 is 41.6 Å². The fourth-order valence-corrected chi connectivity index (χ4v) is 7.81. The highest BCUT2D eigenvalue weighted by Crippen LogP contribution is 2.41. The summed E-state index contributed by atoms with van der Waals surface area (Å²) in [7, 11) is 0. The first-order chi connectivity index (χ1) is 21.3. The monoisotopic (exact) mass is 637 g/mol. The van der Waals surface area contributed by atoms with E-state index in [1.807, 2.05) is 33.8 Å². The molecule has 240 valence electrons. The summed E-state index contributed by atoms with van der Waals surface area (Å²) in [6.07, 6.45) is 4.83. The minimum absolute atomic E-state index is 0.00535. The Bertz CT molecular complexity index is 1650. The highest BCUT2D eigenvalue weighted by Gasteiger charge is 2.60. The molecule has 5 atom stereocenters. The Balaban J connectivity index is 1.52. The van der Waals surface area contributed by atoms with E-state index in [1.165, 1.54) is 0 Å². The molecule has 7 N–H and O–H groups in total. The van der Waals surface area contributed by atoms with Crippen LogP contribution in [-0.2, 0) is 56.6 Å². The number of aliphatic hydroxyl groups excluding tert-OH is 1. The molecule has 2 fully saturated rings. The molecule has 0 spiro atoms. The summed E-state index contributed by atoms with van der Waals surface area (Å²) in [6.45, 7) is 11.4. The lowest BCUT2D eigenvalue weighted by Gasteiger charge is -2.12. The van der Waals surface area contributed by atoms with Crippen LogP contribution in [-0.4, -0.2) is 65.8 Å². The van der Waals surface area contributed by atoms with E-state index in [0.717, 1.165) is 68.1 Å². The number of hydrogen-bond acceptors (Lipinski definition) is 5. The van der Waals surface area contributed by atoms with Crippen LogP contribution in [0.5, 0.6) is 0 Å². The number of aliphatic carboxylic acids is 2. The molecular weight excluding hydrogens is 596 g/mol. The number of H-pyrrole nitrogens is 2. The van der Waals surface area contributed by atoms with Crippen LogP contribution < -0.4 is 10.6 Å². The van der Waals surface area contributed by atoms with E-state index < -0.39 is 17.4 Å². The number of hydrogen-bond donors (Lipinski definition) is 7. The van der Waals surface area contributed by atoms with Crippen LogP contribution in [0.4, 0.5) is 0 Å². The van der Waals surface area contributed by atoms with Gasteiger partial charge < -0.3 is 35.9 Å². The maximum atomic E-state index is 12.6. The summed E-state index contributed by atoms with van der Waals surface area (Å²) in [5.74, 6) is -2.47. The van der Waals surface area contributed by atoms with Crippen molar-refractivity contribution in [3.05, 3.63) is 74.5 Å². The summed E-state index contributed by atoms with van der Waals surface area (Å²) in [6, 6.07) is -0.221. The summed E-state index contributed by atoms with van der Waals surface area (Å²) in [4.78, 5) is 55.2. The molecule has 2 aromatic rings. The Morgan fingerprint density at radius 2 is 1.56 bits per heavy atom. The summed E-state index contributed by atoms with van der Waals surface area (Å²) in [5, 5.41) is 35.1. The predicted octanol–water partition coefficient (Wildman–Crippen LogP) is 2.37. The number of aromatic nitrogens is 2. The fourth-order valence-electron chi connectivity index (χ4n) is 6.77. The average Bonchev–Trinajstić information content (AvgIpc) is 3.20. The van der Waals surface area contributed by atoms with Crippen LogP contribution >= 0.6 is 0 Å². The minimum atomic E-state index is -0.916. The van der Waals surface area contributed by atoms with Gasteiger partial charge in [-0.15, -0.1) is 0 Å². The van der Waals surface area contributed by atoms with Crippen molar-refractivity contribution in [1.29, 1.82) is 0 Å². The zero-order valence-corrected chi connectivity index (χ0v) is 26.8. The van der Waals surface area contributed by atoms with Crippen LogP contribution in [0.2, 0.25) is 0 Å². The number of aromatic amines is 2. The maximum absolute atomic E-state index is 12.6. The Labute approximate surface area is 265 Å². The van der Waals surface area contributed by atoms with Gasteiger partial charge in [0.25, 0.3) is 11.3 Å². The zero-order valence-electron chi connectivity index (χ0n) is 25.9. The molecule has 45 heavy (non-hydrogen) atoms. The van der Waals surface area contributed by atoms with Crippen LogP contribution in [0.3, 0.4) is 0 Å². The molecular formula is C33H41N4O7S+. The number of carboxylic acid groups (broad SMARTS) is 2. The number of carbonyl (C=O) groups is 4. The molecule has 11 nitrogen and oxygen atoms in total. The molecule has 5 heterocycles. The summed E-state index contributed by atoms with van der Waals surface area (Å²) in [5.41, 5.74) is 8.60. The van der Waals surface area contributed by atoms with E-state index >= 15 is 0 Å². The third-order valence-corrected chi connectivity index (χ3v) is 10.7.